The van der Waals surface area contributed by atoms with Crippen LogP contribution in [-0.2, 0) is 18.3 Å². The zero-order chi connectivity index (χ0) is 18.1. The summed E-state index contributed by atoms with van der Waals surface area (Å²) < 4.78 is 1.28. The number of imidazole rings is 1. The van der Waals surface area contributed by atoms with Crippen LogP contribution in [0.1, 0.15) is 45.4 Å². The average Bonchev–Trinajstić information content (AvgIpc) is 2.99. The first-order valence-electron chi connectivity index (χ1n) is 8.84. The molecule has 1 aliphatic rings. The maximum atomic E-state index is 12.3. The molecule has 2 aromatic heterocycles. The Hall–Kier alpha value is -2.38. The van der Waals surface area contributed by atoms with Crippen LogP contribution in [0.3, 0.4) is 0 Å². The molecular weight excluding hydrogens is 322 g/mol. The Morgan fingerprint density at radius 3 is 2.60 bits per heavy atom. The van der Waals surface area contributed by atoms with E-state index >= 15 is 0 Å². The number of aromatic nitrogens is 4. The van der Waals surface area contributed by atoms with E-state index in [0.717, 1.165) is 12.8 Å². The minimum absolute atomic E-state index is 0.00569. The van der Waals surface area contributed by atoms with Gasteiger partial charge in [-0.3, -0.25) is 19.1 Å². The molecular formula is C17H25N5O3. The average molecular weight is 347 g/mol. The van der Waals surface area contributed by atoms with E-state index < -0.39 is 11.2 Å². The van der Waals surface area contributed by atoms with E-state index in [4.69, 9.17) is 0 Å². The van der Waals surface area contributed by atoms with Gasteiger partial charge in [-0.1, -0.05) is 20.3 Å². The minimum atomic E-state index is -0.506. The van der Waals surface area contributed by atoms with Crippen LogP contribution in [0.15, 0.2) is 9.59 Å². The Morgan fingerprint density at radius 1 is 1.24 bits per heavy atom. The molecule has 0 unspecified atom stereocenters. The second-order valence-electron chi connectivity index (χ2n) is 7.18. The van der Waals surface area contributed by atoms with Crippen molar-refractivity contribution in [2.45, 2.75) is 52.0 Å². The fourth-order valence-electron chi connectivity index (χ4n) is 3.73. The molecule has 3 rings (SSSR count). The Kier molecular flexibility index (Phi) is 4.78. The highest BCUT2D eigenvalue weighted by molar-refractivity contribution is 5.76. The van der Waals surface area contributed by atoms with Crippen LogP contribution in [0.4, 0.5) is 0 Å². The van der Waals surface area contributed by atoms with Crippen molar-refractivity contribution in [3.05, 3.63) is 26.7 Å². The maximum Gasteiger partial charge on any atom is 0.329 e. The lowest BCUT2D eigenvalue weighted by Gasteiger charge is -2.35. The number of rotatable bonds is 4. The summed E-state index contributed by atoms with van der Waals surface area (Å²) in [6, 6.07) is 0.223. The number of aromatic amines is 2. The number of amides is 1. The van der Waals surface area contributed by atoms with Crippen LogP contribution in [-0.4, -0.2) is 31.5 Å². The van der Waals surface area contributed by atoms with Crippen molar-refractivity contribution in [3.63, 3.8) is 0 Å². The molecule has 0 radical (unpaired) electrons. The standard InChI is InChI=1S/C17H25N5O3/c1-9-5-4-6-10(2)13(9)20-12(23)8-7-11-18-14-15(19-11)22(3)17(25)21-16(14)24/h9-10,13H,4-8H2,1-3H3,(H,18,19)(H,20,23)(H,21,24,25)/t9-,10-/m1/s1. The first kappa shape index (κ1) is 17.4. The van der Waals surface area contributed by atoms with Crippen molar-refractivity contribution >= 4 is 17.1 Å². The molecule has 8 nitrogen and oxygen atoms in total. The third-order valence-electron chi connectivity index (χ3n) is 5.27. The van der Waals surface area contributed by atoms with Gasteiger partial charge in [-0.05, 0) is 24.7 Å². The number of H-pyrrole nitrogens is 2. The van der Waals surface area contributed by atoms with E-state index in [1.54, 1.807) is 7.05 Å². The van der Waals surface area contributed by atoms with Gasteiger partial charge < -0.3 is 10.3 Å². The second-order valence-corrected chi connectivity index (χ2v) is 7.18. The summed E-state index contributed by atoms with van der Waals surface area (Å²) in [7, 11) is 1.55. The number of hydrogen-bond acceptors (Lipinski definition) is 4. The molecule has 0 bridgehead atoms. The summed E-state index contributed by atoms with van der Waals surface area (Å²) in [6.07, 6.45) is 4.21. The predicted octanol–water partition coefficient (Wildman–Crippen LogP) is 0.823. The Morgan fingerprint density at radius 2 is 1.92 bits per heavy atom. The second kappa shape index (κ2) is 6.85. The molecule has 1 fully saturated rings. The van der Waals surface area contributed by atoms with Gasteiger partial charge in [0.15, 0.2) is 5.65 Å². The van der Waals surface area contributed by atoms with Crippen LogP contribution in [0, 0.1) is 11.8 Å². The van der Waals surface area contributed by atoms with Gasteiger partial charge in [0.05, 0.1) is 0 Å². The highest BCUT2D eigenvalue weighted by Crippen LogP contribution is 2.28. The highest BCUT2D eigenvalue weighted by atomic mass is 16.2. The first-order chi connectivity index (χ1) is 11.9. The van der Waals surface area contributed by atoms with Gasteiger partial charge in [0.2, 0.25) is 5.91 Å². The summed E-state index contributed by atoms with van der Waals surface area (Å²) in [5, 5.41) is 3.15. The van der Waals surface area contributed by atoms with Crippen LogP contribution in [0.5, 0.6) is 0 Å². The van der Waals surface area contributed by atoms with Crippen LogP contribution < -0.4 is 16.6 Å². The topological polar surface area (TPSA) is 113 Å². The SMILES string of the molecule is C[C@@H]1CCC[C@@H](C)C1NC(=O)CCc1nc2c([nH]1)c(=O)[nH]c(=O)n2C. The van der Waals surface area contributed by atoms with Gasteiger partial charge in [-0.25, -0.2) is 9.78 Å². The number of nitrogens with zero attached hydrogens (tertiary/aromatic N) is 2. The summed E-state index contributed by atoms with van der Waals surface area (Å²) in [5.74, 6) is 1.51. The van der Waals surface area contributed by atoms with Crippen LogP contribution >= 0.6 is 0 Å². The molecule has 2 aromatic rings. The zero-order valence-electron chi connectivity index (χ0n) is 14.9. The van der Waals surface area contributed by atoms with Crippen LogP contribution in [0.2, 0.25) is 0 Å². The molecule has 1 saturated carbocycles. The molecule has 2 heterocycles. The number of nitrogens with one attached hydrogen (secondary N) is 3. The normalized spacial score (nSPS) is 21.6. The van der Waals surface area contributed by atoms with Gasteiger partial charge in [-0.15, -0.1) is 0 Å². The lowest BCUT2D eigenvalue weighted by atomic mass is 9.78. The van der Waals surface area contributed by atoms with Gasteiger partial charge in [0.1, 0.15) is 11.3 Å². The lowest BCUT2D eigenvalue weighted by Crippen LogP contribution is -2.45. The fourth-order valence-corrected chi connectivity index (χ4v) is 3.73. The van der Waals surface area contributed by atoms with Crippen LogP contribution in [0.25, 0.3) is 11.2 Å². The summed E-state index contributed by atoms with van der Waals surface area (Å²) in [4.78, 5) is 45.2. The van der Waals surface area contributed by atoms with Gasteiger partial charge in [-0.2, -0.15) is 0 Å². The van der Waals surface area contributed by atoms with Gasteiger partial charge in [0.25, 0.3) is 5.56 Å². The molecule has 136 valence electrons. The molecule has 2 atom stereocenters. The maximum absolute atomic E-state index is 12.3. The molecule has 3 N–H and O–H groups in total. The number of carbonyl (C=O) groups excluding carboxylic acids is 1. The van der Waals surface area contributed by atoms with Gasteiger partial charge in [0, 0.05) is 25.9 Å². The number of fused-ring (bicyclic) bond motifs is 1. The molecule has 0 aromatic carbocycles. The quantitative estimate of drug-likeness (QED) is 0.760. The third kappa shape index (κ3) is 3.52. The molecule has 8 heteroatoms. The van der Waals surface area contributed by atoms with Crippen molar-refractivity contribution in [3.8, 4) is 0 Å². The minimum Gasteiger partial charge on any atom is -0.353 e. The Bertz CT molecular complexity index is 884. The van der Waals surface area contributed by atoms with Crippen molar-refractivity contribution in [1.29, 1.82) is 0 Å². The number of aryl methyl sites for hydroxylation is 2. The van der Waals surface area contributed by atoms with Gasteiger partial charge >= 0.3 is 5.69 Å². The van der Waals surface area contributed by atoms with E-state index in [-0.39, 0.29) is 17.5 Å². The van der Waals surface area contributed by atoms with Crippen molar-refractivity contribution in [2.75, 3.05) is 0 Å². The van der Waals surface area contributed by atoms with E-state index in [1.165, 1.54) is 11.0 Å². The van der Waals surface area contributed by atoms with E-state index in [1.807, 2.05) is 0 Å². The molecule has 25 heavy (non-hydrogen) atoms. The molecule has 1 aliphatic carbocycles. The van der Waals surface area contributed by atoms with E-state index in [0.29, 0.717) is 36.1 Å². The predicted molar refractivity (Wildman–Crippen MR) is 94.4 cm³/mol. The Labute approximate surface area is 145 Å². The molecule has 1 amide bonds. The number of hydrogen-bond donors (Lipinski definition) is 3. The molecule has 0 spiro atoms. The molecule has 0 saturated heterocycles. The molecule has 0 aliphatic heterocycles. The third-order valence-corrected chi connectivity index (χ3v) is 5.27. The lowest BCUT2D eigenvalue weighted by molar-refractivity contribution is -0.122. The van der Waals surface area contributed by atoms with E-state index in [2.05, 4.69) is 34.1 Å². The Balaban J connectivity index is 1.67. The fraction of sp³-hybridized carbons (Fsp3) is 0.647. The largest absolute Gasteiger partial charge is 0.353 e. The highest BCUT2D eigenvalue weighted by Gasteiger charge is 2.28. The zero-order valence-corrected chi connectivity index (χ0v) is 14.9. The summed E-state index contributed by atoms with van der Waals surface area (Å²) >= 11 is 0. The van der Waals surface area contributed by atoms with E-state index in [9.17, 15) is 14.4 Å². The smallest absolute Gasteiger partial charge is 0.329 e. The first-order valence-corrected chi connectivity index (χ1v) is 8.84. The summed E-state index contributed by atoms with van der Waals surface area (Å²) in [6.45, 7) is 4.37. The number of carbonyl (C=O) groups is 1. The summed E-state index contributed by atoms with van der Waals surface area (Å²) in [5.41, 5.74) is -0.439. The monoisotopic (exact) mass is 347 g/mol. The van der Waals surface area contributed by atoms with Crippen molar-refractivity contribution < 1.29 is 4.79 Å². The van der Waals surface area contributed by atoms with Crippen molar-refractivity contribution in [1.82, 2.24) is 24.8 Å². The van der Waals surface area contributed by atoms with Crippen molar-refractivity contribution in [2.24, 2.45) is 18.9 Å².